The Kier molecular flexibility index (Phi) is 7.02. The molecule has 2 N–H and O–H groups in total. The lowest BCUT2D eigenvalue weighted by Crippen LogP contribution is -2.41. The zero-order chi connectivity index (χ0) is 18.1. The van der Waals surface area contributed by atoms with Crippen molar-refractivity contribution in [2.75, 3.05) is 13.2 Å². The number of hydrogen-bond donors (Lipinski definition) is 2. The van der Waals surface area contributed by atoms with Crippen molar-refractivity contribution in [1.82, 2.24) is 10.6 Å². The molecule has 0 bridgehead atoms. The second-order valence-corrected chi connectivity index (χ2v) is 5.63. The molecular formula is C16H15BrN2O6. The standard InChI is InChI=1S/C16H15BrN2O6/c17-11-3-1-4-12(7-11)24-10-15(21)25-9-14(20)19-16(22)18-8-13-5-2-6-23-13/h1-7H,8-10H2,(H2,18,19,20,22). The molecule has 0 spiro atoms. The number of imide groups is 1. The molecule has 0 atom stereocenters. The summed E-state index contributed by atoms with van der Waals surface area (Å²) < 4.78 is 15.8. The van der Waals surface area contributed by atoms with Gasteiger partial charge in [0.15, 0.2) is 13.2 Å². The molecule has 2 aromatic rings. The van der Waals surface area contributed by atoms with Crippen molar-refractivity contribution in [1.29, 1.82) is 0 Å². The summed E-state index contributed by atoms with van der Waals surface area (Å²) in [5.41, 5.74) is 0. The van der Waals surface area contributed by atoms with Gasteiger partial charge < -0.3 is 19.2 Å². The number of nitrogens with one attached hydrogen (secondary N) is 2. The molecule has 0 fully saturated rings. The summed E-state index contributed by atoms with van der Waals surface area (Å²) in [6, 6.07) is 9.55. The summed E-state index contributed by atoms with van der Waals surface area (Å²) in [5, 5.41) is 4.45. The second kappa shape index (κ2) is 9.48. The lowest BCUT2D eigenvalue weighted by Gasteiger charge is -2.08. The average Bonchev–Trinajstić information content (AvgIpc) is 3.10. The highest BCUT2D eigenvalue weighted by Crippen LogP contribution is 2.17. The number of halogens is 1. The van der Waals surface area contributed by atoms with Crippen LogP contribution in [0.25, 0.3) is 0 Å². The minimum atomic E-state index is -0.757. The molecule has 0 radical (unpaired) electrons. The van der Waals surface area contributed by atoms with E-state index < -0.39 is 24.5 Å². The van der Waals surface area contributed by atoms with Crippen molar-refractivity contribution in [3.63, 3.8) is 0 Å². The first-order valence-electron chi connectivity index (χ1n) is 7.17. The van der Waals surface area contributed by atoms with Crippen LogP contribution in [0.3, 0.4) is 0 Å². The van der Waals surface area contributed by atoms with Crippen LogP contribution in [-0.2, 0) is 20.9 Å². The number of carbonyl (C=O) groups is 3. The smallest absolute Gasteiger partial charge is 0.344 e. The van der Waals surface area contributed by atoms with E-state index >= 15 is 0 Å². The molecule has 0 aliphatic heterocycles. The molecule has 9 heteroatoms. The van der Waals surface area contributed by atoms with Gasteiger partial charge in [0.2, 0.25) is 0 Å². The fraction of sp³-hybridized carbons (Fsp3) is 0.188. The predicted molar refractivity (Wildman–Crippen MR) is 89.7 cm³/mol. The summed E-state index contributed by atoms with van der Waals surface area (Å²) >= 11 is 3.27. The van der Waals surface area contributed by atoms with Gasteiger partial charge in [-0.2, -0.15) is 0 Å². The van der Waals surface area contributed by atoms with Crippen molar-refractivity contribution >= 4 is 33.8 Å². The van der Waals surface area contributed by atoms with Gasteiger partial charge in [0.25, 0.3) is 5.91 Å². The molecule has 0 saturated carbocycles. The number of amides is 3. The fourth-order valence-electron chi connectivity index (χ4n) is 1.67. The fourth-order valence-corrected chi connectivity index (χ4v) is 2.05. The summed E-state index contributed by atoms with van der Waals surface area (Å²) in [5.74, 6) is -0.467. The number of furan rings is 1. The monoisotopic (exact) mass is 410 g/mol. The minimum absolute atomic E-state index is 0.131. The van der Waals surface area contributed by atoms with Gasteiger partial charge >= 0.3 is 12.0 Å². The van der Waals surface area contributed by atoms with Crippen LogP contribution in [0.15, 0.2) is 51.6 Å². The highest BCUT2D eigenvalue weighted by atomic mass is 79.9. The van der Waals surface area contributed by atoms with Gasteiger partial charge in [-0.3, -0.25) is 10.1 Å². The van der Waals surface area contributed by atoms with Gasteiger partial charge in [-0.05, 0) is 30.3 Å². The number of esters is 1. The van der Waals surface area contributed by atoms with E-state index in [1.165, 1.54) is 6.26 Å². The van der Waals surface area contributed by atoms with E-state index in [0.29, 0.717) is 11.5 Å². The van der Waals surface area contributed by atoms with Crippen LogP contribution >= 0.6 is 15.9 Å². The number of ether oxygens (including phenoxy) is 2. The number of benzene rings is 1. The molecule has 132 valence electrons. The van der Waals surface area contributed by atoms with Crippen LogP contribution < -0.4 is 15.4 Å². The molecule has 8 nitrogen and oxygen atoms in total. The minimum Gasteiger partial charge on any atom is -0.482 e. The molecule has 1 aromatic carbocycles. The first kappa shape index (κ1) is 18.5. The summed E-state index contributed by atoms with van der Waals surface area (Å²) in [4.78, 5) is 34.5. The van der Waals surface area contributed by atoms with Gasteiger partial charge in [-0.15, -0.1) is 0 Å². The Morgan fingerprint density at radius 1 is 1.12 bits per heavy atom. The molecule has 0 unspecified atom stereocenters. The number of hydrogen-bond acceptors (Lipinski definition) is 6. The Balaban J connectivity index is 1.61. The lowest BCUT2D eigenvalue weighted by molar-refractivity contribution is -0.150. The molecule has 1 aromatic heterocycles. The summed E-state index contributed by atoms with van der Waals surface area (Å²) in [7, 11) is 0. The van der Waals surface area contributed by atoms with Gasteiger partial charge in [-0.25, -0.2) is 9.59 Å². The van der Waals surface area contributed by atoms with Gasteiger partial charge in [0, 0.05) is 4.47 Å². The first-order chi connectivity index (χ1) is 12.0. The van der Waals surface area contributed by atoms with E-state index in [4.69, 9.17) is 13.9 Å². The first-order valence-corrected chi connectivity index (χ1v) is 7.96. The van der Waals surface area contributed by atoms with Crippen LogP contribution in [0.1, 0.15) is 5.76 Å². The molecule has 25 heavy (non-hydrogen) atoms. The molecule has 2 rings (SSSR count). The molecule has 3 amide bonds. The zero-order valence-electron chi connectivity index (χ0n) is 13.0. The second-order valence-electron chi connectivity index (χ2n) is 4.72. The maximum absolute atomic E-state index is 11.5. The van der Waals surface area contributed by atoms with Gasteiger partial charge in [0.05, 0.1) is 12.8 Å². The average molecular weight is 411 g/mol. The Morgan fingerprint density at radius 2 is 1.96 bits per heavy atom. The summed E-state index contributed by atoms with van der Waals surface area (Å²) in [6.07, 6.45) is 1.47. The van der Waals surface area contributed by atoms with Crippen LogP contribution in [-0.4, -0.2) is 31.1 Å². The Labute approximate surface area is 151 Å². The van der Waals surface area contributed by atoms with E-state index in [9.17, 15) is 14.4 Å². The molecule has 1 heterocycles. The number of urea groups is 1. The van der Waals surface area contributed by atoms with Gasteiger partial charge in [0.1, 0.15) is 11.5 Å². The van der Waals surface area contributed by atoms with Gasteiger partial charge in [-0.1, -0.05) is 22.0 Å². The van der Waals surface area contributed by atoms with E-state index in [1.807, 2.05) is 11.4 Å². The topological polar surface area (TPSA) is 107 Å². The SMILES string of the molecule is O=C(COC(=O)COc1cccc(Br)c1)NC(=O)NCc1ccco1. The Bertz CT molecular complexity index is 732. The highest BCUT2D eigenvalue weighted by molar-refractivity contribution is 9.10. The molecule has 0 aliphatic rings. The maximum atomic E-state index is 11.5. The highest BCUT2D eigenvalue weighted by Gasteiger charge is 2.11. The van der Waals surface area contributed by atoms with Crippen molar-refractivity contribution in [2.45, 2.75) is 6.54 Å². The number of rotatable bonds is 7. The third-order valence-corrected chi connectivity index (χ3v) is 3.27. The molecule has 0 saturated heterocycles. The van der Waals surface area contributed by atoms with Crippen LogP contribution in [0, 0.1) is 0 Å². The van der Waals surface area contributed by atoms with Crippen LogP contribution in [0.5, 0.6) is 5.75 Å². The molecular weight excluding hydrogens is 396 g/mol. The zero-order valence-corrected chi connectivity index (χ0v) is 14.6. The van der Waals surface area contributed by atoms with E-state index in [2.05, 4.69) is 21.2 Å². The van der Waals surface area contributed by atoms with Crippen molar-refractivity contribution in [3.8, 4) is 5.75 Å². The van der Waals surface area contributed by atoms with Crippen LogP contribution in [0.4, 0.5) is 4.79 Å². The normalized spacial score (nSPS) is 9.96. The number of carbonyl (C=O) groups excluding carboxylic acids is 3. The van der Waals surface area contributed by atoms with Crippen LogP contribution in [0.2, 0.25) is 0 Å². The summed E-state index contributed by atoms with van der Waals surface area (Å²) in [6.45, 7) is -0.810. The van der Waals surface area contributed by atoms with E-state index in [0.717, 1.165) is 4.47 Å². The van der Waals surface area contributed by atoms with Crippen molar-refractivity contribution in [3.05, 3.63) is 52.9 Å². The van der Waals surface area contributed by atoms with E-state index in [-0.39, 0.29) is 13.2 Å². The third-order valence-electron chi connectivity index (χ3n) is 2.77. The largest absolute Gasteiger partial charge is 0.482 e. The maximum Gasteiger partial charge on any atom is 0.344 e. The van der Waals surface area contributed by atoms with Crippen molar-refractivity contribution < 1.29 is 28.3 Å². The Hall–Kier alpha value is -2.81. The quantitative estimate of drug-likeness (QED) is 0.675. The molecule has 0 aliphatic carbocycles. The predicted octanol–water partition coefficient (Wildman–Crippen LogP) is 1.99. The lowest BCUT2D eigenvalue weighted by atomic mass is 10.3. The Morgan fingerprint density at radius 3 is 2.68 bits per heavy atom. The van der Waals surface area contributed by atoms with Crippen molar-refractivity contribution in [2.24, 2.45) is 0 Å². The third kappa shape index (κ3) is 7.08. The van der Waals surface area contributed by atoms with E-state index in [1.54, 1.807) is 30.3 Å².